The van der Waals surface area contributed by atoms with E-state index in [2.05, 4.69) is 0 Å². The minimum absolute atomic E-state index is 0.349. The summed E-state index contributed by atoms with van der Waals surface area (Å²) in [6, 6.07) is 0. The van der Waals surface area contributed by atoms with Crippen molar-refractivity contribution in [3.8, 4) is 0 Å². The van der Waals surface area contributed by atoms with Crippen molar-refractivity contribution in [2.75, 3.05) is 0 Å². The number of primary amides is 2. The monoisotopic (exact) mass is 170 g/mol. The fourth-order valence-corrected chi connectivity index (χ4v) is 1.43. The normalized spacial score (nSPS) is 28.8. The lowest BCUT2D eigenvalue weighted by Crippen LogP contribution is -2.33. The lowest BCUT2D eigenvalue weighted by Gasteiger charge is -2.02. The first-order valence-electron chi connectivity index (χ1n) is 3.66. The Balaban J connectivity index is 2.74. The van der Waals surface area contributed by atoms with Gasteiger partial charge >= 0.3 is 0 Å². The highest BCUT2D eigenvalue weighted by Gasteiger charge is 2.40. The largest absolute Gasteiger partial charge is 0.369 e. The molecule has 1 aliphatic rings. The van der Waals surface area contributed by atoms with Gasteiger partial charge in [0.1, 0.15) is 0 Å². The number of nitrogens with two attached hydrogens (primary N) is 2. The van der Waals surface area contributed by atoms with Crippen molar-refractivity contribution in [1.29, 1.82) is 0 Å². The Hall–Kier alpha value is -1.39. The van der Waals surface area contributed by atoms with Crippen molar-refractivity contribution in [2.45, 2.75) is 12.8 Å². The maximum Gasteiger partial charge on any atom is 0.228 e. The number of carbonyl (C=O) groups is 3. The summed E-state index contributed by atoms with van der Waals surface area (Å²) >= 11 is 0. The average Bonchev–Trinajstić information content (AvgIpc) is 2.30. The molecule has 0 bridgehead atoms. The zero-order chi connectivity index (χ0) is 9.30. The van der Waals surface area contributed by atoms with Crippen LogP contribution in [-0.2, 0) is 14.4 Å². The smallest absolute Gasteiger partial charge is 0.228 e. The molecule has 1 fully saturated rings. The van der Waals surface area contributed by atoms with Crippen LogP contribution in [0.2, 0.25) is 0 Å². The van der Waals surface area contributed by atoms with E-state index in [0.717, 1.165) is 0 Å². The van der Waals surface area contributed by atoms with Crippen molar-refractivity contribution < 1.29 is 14.4 Å². The first-order chi connectivity index (χ1) is 5.54. The summed E-state index contributed by atoms with van der Waals surface area (Å²) in [5, 5.41) is 0. The molecule has 0 aliphatic heterocycles. The molecule has 0 aromatic rings. The Labute approximate surface area is 69.1 Å². The van der Waals surface area contributed by atoms with E-state index in [-0.39, 0.29) is 0 Å². The van der Waals surface area contributed by atoms with Gasteiger partial charge in [0, 0.05) is 0 Å². The van der Waals surface area contributed by atoms with Crippen molar-refractivity contribution in [3.05, 3.63) is 0 Å². The molecule has 0 spiro atoms. The van der Waals surface area contributed by atoms with Crippen molar-refractivity contribution in [1.82, 2.24) is 0 Å². The minimum atomic E-state index is -0.803. The number of rotatable bonds is 2. The summed E-state index contributed by atoms with van der Waals surface area (Å²) in [5.41, 5.74) is 9.88. The molecule has 2 atom stereocenters. The van der Waals surface area contributed by atoms with Crippen LogP contribution in [0.5, 0.6) is 0 Å². The van der Waals surface area contributed by atoms with Gasteiger partial charge in [0.05, 0.1) is 11.8 Å². The van der Waals surface area contributed by atoms with Crippen LogP contribution < -0.4 is 11.5 Å². The fraction of sp³-hybridized carbons (Fsp3) is 0.571. The minimum Gasteiger partial charge on any atom is -0.369 e. The molecule has 2 unspecified atom stereocenters. The predicted octanol–water partition coefficient (Wildman–Crippen LogP) is -1.45. The highest BCUT2D eigenvalue weighted by molar-refractivity contribution is 6.11. The van der Waals surface area contributed by atoms with Gasteiger partial charge in [-0.3, -0.25) is 14.4 Å². The molecule has 0 radical (unpaired) electrons. The molecule has 66 valence electrons. The van der Waals surface area contributed by atoms with Crippen LogP contribution >= 0.6 is 0 Å². The molecule has 1 saturated carbocycles. The van der Waals surface area contributed by atoms with Gasteiger partial charge in [-0.05, 0) is 12.8 Å². The van der Waals surface area contributed by atoms with E-state index in [0.29, 0.717) is 12.8 Å². The Morgan fingerprint density at radius 2 is 1.42 bits per heavy atom. The number of ketones is 1. The number of hydrogen-bond donors (Lipinski definition) is 2. The third-order valence-corrected chi connectivity index (χ3v) is 2.12. The van der Waals surface area contributed by atoms with E-state index in [1.165, 1.54) is 0 Å². The second-order valence-corrected chi connectivity index (χ2v) is 2.89. The molecule has 0 heterocycles. The standard InChI is InChI=1S/C7H10N2O3/c8-6(11)3-1-2-4(5(3)10)7(9)12/h3-4H,1-2H2,(H2,8,11)(H2,9,12). The summed E-state index contributed by atoms with van der Waals surface area (Å²) in [5.74, 6) is -3.35. The third kappa shape index (κ3) is 1.30. The van der Waals surface area contributed by atoms with E-state index in [1.54, 1.807) is 0 Å². The van der Waals surface area contributed by atoms with E-state index < -0.39 is 29.4 Å². The average molecular weight is 170 g/mol. The molecule has 5 nitrogen and oxygen atoms in total. The molecular formula is C7H10N2O3. The molecule has 12 heavy (non-hydrogen) atoms. The lowest BCUT2D eigenvalue weighted by atomic mass is 10.0. The highest BCUT2D eigenvalue weighted by Crippen LogP contribution is 2.26. The SMILES string of the molecule is NC(=O)C1CCC(C(N)=O)C1=O. The maximum atomic E-state index is 11.2. The van der Waals surface area contributed by atoms with Crippen LogP contribution in [0.3, 0.4) is 0 Å². The molecule has 4 N–H and O–H groups in total. The zero-order valence-electron chi connectivity index (χ0n) is 6.45. The number of carbonyl (C=O) groups excluding carboxylic acids is 3. The Kier molecular flexibility index (Phi) is 2.12. The number of amides is 2. The van der Waals surface area contributed by atoms with E-state index in [1.807, 2.05) is 0 Å². The summed E-state index contributed by atoms with van der Waals surface area (Å²) in [4.78, 5) is 32.4. The van der Waals surface area contributed by atoms with Gasteiger partial charge in [0.25, 0.3) is 0 Å². The topological polar surface area (TPSA) is 103 Å². The van der Waals surface area contributed by atoms with Crippen LogP contribution in [0.15, 0.2) is 0 Å². The highest BCUT2D eigenvalue weighted by atomic mass is 16.2. The van der Waals surface area contributed by atoms with E-state index in [4.69, 9.17) is 11.5 Å². The molecule has 5 heteroatoms. The quantitative estimate of drug-likeness (QED) is 0.495. The molecule has 0 saturated heterocycles. The van der Waals surface area contributed by atoms with Crippen molar-refractivity contribution in [3.63, 3.8) is 0 Å². The molecule has 0 aromatic carbocycles. The van der Waals surface area contributed by atoms with E-state index >= 15 is 0 Å². The lowest BCUT2D eigenvalue weighted by molar-refractivity contribution is -0.135. The van der Waals surface area contributed by atoms with E-state index in [9.17, 15) is 14.4 Å². The maximum absolute atomic E-state index is 11.2. The van der Waals surface area contributed by atoms with Crippen molar-refractivity contribution >= 4 is 17.6 Å². The number of hydrogen-bond acceptors (Lipinski definition) is 3. The summed E-state index contributed by atoms with van der Waals surface area (Å²) in [6.45, 7) is 0. The van der Waals surface area contributed by atoms with Gasteiger partial charge in [-0.25, -0.2) is 0 Å². The van der Waals surface area contributed by atoms with Crippen LogP contribution in [0, 0.1) is 11.8 Å². The van der Waals surface area contributed by atoms with Gasteiger partial charge in [0.2, 0.25) is 11.8 Å². The van der Waals surface area contributed by atoms with Gasteiger partial charge in [0.15, 0.2) is 5.78 Å². The first kappa shape index (κ1) is 8.70. The van der Waals surface area contributed by atoms with Crippen LogP contribution in [0.25, 0.3) is 0 Å². The first-order valence-corrected chi connectivity index (χ1v) is 3.66. The van der Waals surface area contributed by atoms with Crippen LogP contribution in [0.1, 0.15) is 12.8 Å². The number of Topliss-reactive ketones (excluding diaryl/α,β-unsaturated/α-hetero) is 1. The fourth-order valence-electron chi connectivity index (χ4n) is 1.43. The summed E-state index contributed by atoms with van der Waals surface area (Å²) in [6.07, 6.45) is 0.698. The predicted molar refractivity (Wildman–Crippen MR) is 39.6 cm³/mol. The summed E-state index contributed by atoms with van der Waals surface area (Å²) < 4.78 is 0. The van der Waals surface area contributed by atoms with Gasteiger partial charge in [-0.1, -0.05) is 0 Å². The Morgan fingerprint density at radius 1 is 1.08 bits per heavy atom. The van der Waals surface area contributed by atoms with Crippen molar-refractivity contribution in [2.24, 2.45) is 23.3 Å². The van der Waals surface area contributed by atoms with Crippen LogP contribution in [0.4, 0.5) is 0 Å². The second kappa shape index (κ2) is 2.92. The molecule has 1 rings (SSSR count). The summed E-state index contributed by atoms with van der Waals surface area (Å²) in [7, 11) is 0. The molecule has 0 aromatic heterocycles. The Morgan fingerprint density at radius 3 is 1.58 bits per heavy atom. The Bertz CT molecular complexity index is 225. The second-order valence-electron chi connectivity index (χ2n) is 2.89. The van der Waals surface area contributed by atoms with Gasteiger partial charge < -0.3 is 11.5 Å². The van der Waals surface area contributed by atoms with Crippen LogP contribution in [-0.4, -0.2) is 17.6 Å². The van der Waals surface area contributed by atoms with Gasteiger partial charge in [-0.15, -0.1) is 0 Å². The third-order valence-electron chi connectivity index (χ3n) is 2.12. The molecule has 2 amide bonds. The molecular weight excluding hydrogens is 160 g/mol. The zero-order valence-corrected chi connectivity index (χ0v) is 6.45. The van der Waals surface area contributed by atoms with Gasteiger partial charge in [-0.2, -0.15) is 0 Å². The molecule has 1 aliphatic carbocycles.